The summed E-state index contributed by atoms with van der Waals surface area (Å²) in [6.07, 6.45) is -0.723. The zero-order chi connectivity index (χ0) is 11.7. The quantitative estimate of drug-likeness (QED) is 0.655. The van der Waals surface area contributed by atoms with Crippen LogP contribution >= 0.6 is 0 Å². The molecule has 0 spiro atoms. The Bertz CT molecular complexity index is 255. The third kappa shape index (κ3) is 1.74. The zero-order valence-corrected chi connectivity index (χ0v) is 9.27. The van der Waals surface area contributed by atoms with E-state index in [4.69, 9.17) is 14.2 Å². The van der Waals surface area contributed by atoms with E-state index in [-0.39, 0.29) is 6.42 Å². The van der Waals surface area contributed by atoms with Crippen LogP contribution in [0.15, 0.2) is 0 Å². The van der Waals surface area contributed by atoms with Crippen LogP contribution in [0.4, 0.5) is 0 Å². The lowest BCUT2D eigenvalue weighted by molar-refractivity contribution is -0.287. The van der Waals surface area contributed by atoms with Crippen LogP contribution in [-0.2, 0) is 23.7 Å². The van der Waals surface area contributed by atoms with Crippen LogP contribution in [0.1, 0.15) is 13.3 Å². The van der Waals surface area contributed by atoms with Gasteiger partial charge < -0.3 is 24.1 Å². The van der Waals surface area contributed by atoms with Crippen molar-refractivity contribution < 1.29 is 28.8 Å². The molecule has 6 heteroatoms. The lowest BCUT2D eigenvalue weighted by Gasteiger charge is -2.33. The highest BCUT2D eigenvalue weighted by molar-refractivity contribution is 5.81. The lowest BCUT2D eigenvalue weighted by atomic mass is 9.93. The van der Waals surface area contributed by atoms with Crippen molar-refractivity contribution in [2.24, 2.45) is 0 Å². The number of esters is 1. The minimum atomic E-state index is -1.85. The van der Waals surface area contributed by atoms with E-state index in [9.17, 15) is 9.90 Å². The molecule has 1 N–H and O–H groups in total. The summed E-state index contributed by atoms with van der Waals surface area (Å²) in [6.45, 7) is 1.46. The van der Waals surface area contributed by atoms with Crippen molar-refractivity contribution in [1.29, 1.82) is 0 Å². The first kappa shape index (κ1) is 12.4. The van der Waals surface area contributed by atoms with E-state index >= 15 is 0 Å². The number of aliphatic hydroxyl groups is 1. The van der Waals surface area contributed by atoms with Crippen molar-refractivity contribution in [3.8, 4) is 0 Å². The molecule has 1 heterocycles. The Labute approximate surface area is 88.1 Å². The Morgan fingerprint density at radius 2 is 2.07 bits per heavy atom. The molecule has 88 valence electrons. The number of carbonyl (C=O) groups is 1. The maximum Gasteiger partial charge on any atom is 0.343 e. The fraction of sp³-hybridized carbons (Fsp3) is 0.889. The fourth-order valence-corrected chi connectivity index (χ4v) is 1.60. The van der Waals surface area contributed by atoms with Crippen LogP contribution in [0.5, 0.6) is 0 Å². The van der Waals surface area contributed by atoms with Crippen molar-refractivity contribution in [1.82, 2.24) is 0 Å². The summed E-state index contributed by atoms with van der Waals surface area (Å²) in [5, 5.41) is 10.2. The van der Waals surface area contributed by atoms with Crippen LogP contribution in [-0.4, -0.2) is 50.1 Å². The monoisotopic (exact) mass is 220 g/mol. The fourth-order valence-electron chi connectivity index (χ4n) is 1.60. The van der Waals surface area contributed by atoms with Crippen molar-refractivity contribution in [3.63, 3.8) is 0 Å². The van der Waals surface area contributed by atoms with Gasteiger partial charge in [-0.3, -0.25) is 0 Å². The van der Waals surface area contributed by atoms with Crippen LogP contribution in [0.25, 0.3) is 0 Å². The van der Waals surface area contributed by atoms with Crippen molar-refractivity contribution in [2.45, 2.75) is 31.0 Å². The van der Waals surface area contributed by atoms with E-state index in [1.54, 1.807) is 0 Å². The first-order valence-electron chi connectivity index (χ1n) is 4.50. The SMILES string of the molecule is COC(=O)[C@]1(O)C[C@H](OC)O[C@]1(C)OC. The molecule has 1 rings (SSSR count). The molecule has 0 radical (unpaired) electrons. The van der Waals surface area contributed by atoms with Gasteiger partial charge in [0.2, 0.25) is 11.4 Å². The normalized spacial score (nSPS) is 40.5. The average molecular weight is 220 g/mol. The predicted octanol–water partition coefficient (Wildman–Crippen LogP) is -0.354. The lowest BCUT2D eigenvalue weighted by Crippen LogP contribution is -2.56. The van der Waals surface area contributed by atoms with E-state index in [1.165, 1.54) is 28.3 Å². The highest BCUT2D eigenvalue weighted by Crippen LogP contribution is 2.41. The molecule has 0 unspecified atom stereocenters. The van der Waals surface area contributed by atoms with Crippen LogP contribution in [0.2, 0.25) is 0 Å². The van der Waals surface area contributed by atoms with Gasteiger partial charge in [-0.15, -0.1) is 0 Å². The molecule has 0 aromatic carbocycles. The summed E-state index contributed by atoms with van der Waals surface area (Å²) in [6, 6.07) is 0. The van der Waals surface area contributed by atoms with Gasteiger partial charge in [0.05, 0.1) is 7.11 Å². The molecule has 1 fully saturated rings. The van der Waals surface area contributed by atoms with Gasteiger partial charge >= 0.3 is 5.97 Å². The zero-order valence-electron chi connectivity index (χ0n) is 9.27. The Morgan fingerprint density at radius 1 is 1.47 bits per heavy atom. The van der Waals surface area contributed by atoms with Gasteiger partial charge in [0, 0.05) is 20.6 Å². The van der Waals surface area contributed by atoms with E-state index in [0.717, 1.165) is 0 Å². The van der Waals surface area contributed by atoms with Gasteiger partial charge in [-0.25, -0.2) is 4.79 Å². The number of rotatable bonds is 3. The standard InChI is InChI=1S/C9H16O6/c1-8(14-4)9(11,7(10)13-3)5-6(12-2)15-8/h6,11H,5H2,1-4H3/t6-,8+,9-/m1/s1. The highest BCUT2D eigenvalue weighted by Gasteiger charge is 2.63. The number of hydrogen-bond donors (Lipinski definition) is 1. The Hall–Kier alpha value is -0.690. The maximum atomic E-state index is 11.5. The van der Waals surface area contributed by atoms with Crippen LogP contribution < -0.4 is 0 Å². The number of ether oxygens (including phenoxy) is 4. The largest absolute Gasteiger partial charge is 0.467 e. The van der Waals surface area contributed by atoms with Crippen LogP contribution in [0, 0.1) is 0 Å². The highest BCUT2D eigenvalue weighted by atomic mass is 16.8. The van der Waals surface area contributed by atoms with Crippen LogP contribution in [0.3, 0.4) is 0 Å². The average Bonchev–Trinajstić information content (AvgIpc) is 2.52. The van der Waals surface area contributed by atoms with Crippen molar-refractivity contribution in [3.05, 3.63) is 0 Å². The Balaban J connectivity index is 2.99. The molecule has 0 saturated carbocycles. The molecule has 15 heavy (non-hydrogen) atoms. The summed E-state index contributed by atoms with van der Waals surface area (Å²) in [5.74, 6) is -2.26. The molecule has 0 bridgehead atoms. The molecule has 6 nitrogen and oxygen atoms in total. The van der Waals surface area contributed by atoms with Crippen molar-refractivity contribution >= 4 is 5.97 Å². The summed E-state index contributed by atoms with van der Waals surface area (Å²) in [5.41, 5.74) is -1.85. The molecule has 1 aliphatic heterocycles. The second kappa shape index (κ2) is 4.05. The van der Waals surface area contributed by atoms with E-state index in [0.29, 0.717) is 0 Å². The van der Waals surface area contributed by atoms with Gasteiger partial charge in [0.25, 0.3) is 0 Å². The van der Waals surface area contributed by atoms with E-state index < -0.39 is 23.6 Å². The Morgan fingerprint density at radius 3 is 2.47 bits per heavy atom. The number of hydrogen-bond acceptors (Lipinski definition) is 6. The van der Waals surface area contributed by atoms with Gasteiger partial charge in [-0.05, 0) is 6.92 Å². The first-order valence-corrected chi connectivity index (χ1v) is 4.50. The minimum absolute atomic E-state index is 0.0273. The Kier molecular flexibility index (Phi) is 3.34. The molecule has 0 aromatic rings. The molecule has 0 aliphatic carbocycles. The van der Waals surface area contributed by atoms with E-state index in [1.807, 2.05) is 0 Å². The molecule has 3 atom stereocenters. The molecular weight excluding hydrogens is 204 g/mol. The molecule has 1 aliphatic rings. The molecule has 1 saturated heterocycles. The van der Waals surface area contributed by atoms with Gasteiger partial charge in [0.15, 0.2) is 6.29 Å². The van der Waals surface area contributed by atoms with Gasteiger partial charge in [-0.1, -0.05) is 0 Å². The second-order valence-corrected chi connectivity index (χ2v) is 3.49. The minimum Gasteiger partial charge on any atom is -0.467 e. The van der Waals surface area contributed by atoms with E-state index in [2.05, 4.69) is 4.74 Å². The van der Waals surface area contributed by atoms with Crippen molar-refractivity contribution in [2.75, 3.05) is 21.3 Å². The predicted molar refractivity (Wildman–Crippen MR) is 48.9 cm³/mol. The summed E-state index contributed by atoms with van der Waals surface area (Å²) >= 11 is 0. The maximum absolute atomic E-state index is 11.5. The smallest absolute Gasteiger partial charge is 0.343 e. The first-order chi connectivity index (χ1) is 6.93. The van der Waals surface area contributed by atoms with Gasteiger partial charge in [0.1, 0.15) is 0 Å². The summed E-state index contributed by atoms with van der Waals surface area (Å²) in [4.78, 5) is 11.5. The molecule has 0 amide bonds. The third-order valence-electron chi connectivity index (χ3n) is 2.75. The summed E-state index contributed by atoms with van der Waals surface area (Å²) < 4.78 is 19.8. The number of methoxy groups -OCH3 is 3. The summed E-state index contributed by atoms with van der Waals surface area (Å²) in [7, 11) is 3.95. The number of carbonyl (C=O) groups excluding carboxylic acids is 1. The third-order valence-corrected chi connectivity index (χ3v) is 2.75. The molecular formula is C9H16O6. The topological polar surface area (TPSA) is 74.2 Å². The van der Waals surface area contributed by atoms with Gasteiger partial charge in [-0.2, -0.15) is 0 Å². The second-order valence-electron chi connectivity index (χ2n) is 3.49. The molecule has 0 aromatic heterocycles.